The summed E-state index contributed by atoms with van der Waals surface area (Å²) >= 11 is 2.02. The molecular formula is C15H19NS. The Balaban J connectivity index is 1.51. The van der Waals surface area contributed by atoms with E-state index in [2.05, 4.69) is 29.6 Å². The number of benzene rings is 1. The molecule has 1 N–H and O–H groups in total. The van der Waals surface area contributed by atoms with Crippen LogP contribution in [0.25, 0.3) is 0 Å². The zero-order chi connectivity index (χ0) is 11.2. The van der Waals surface area contributed by atoms with Gasteiger partial charge >= 0.3 is 0 Å². The predicted molar refractivity (Wildman–Crippen MR) is 72.3 cm³/mol. The molecular weight excluding hydrogens is 226 g/mol. The molecule has 2 fully saturated rings. The third-order valence-electron chi connectivity index (χ3n) is 4.85. The van der Waals surface area contributed by atoms with Crippen LogP contribution < -0.4 is 5.32 Å². The van der Waals surface area contributed by atoms with E-state index >= 15 is 0 Å². The minimum atomic E-state index is 0.612. The SMILES string of the molecule is c1ccc2c(c1)SCC2NC1CC2CCC1C2. The molecule has 1 aromatic rings. The molecule has 2 aliphatic carbocycles. The summed E-state index contributed by atoms with van der Waals surface area (Å²) in [4.78, 5) is 1.49. The highest BCUT2D eigenvalue weighted by Gasteiger charge is 2.40. The smallest absolute Gasteiger partial charge is 0.0428 e. The lowest BCUT2D eigenvalue weighted by Gasteiger charge is -2.26. The second kappa shape index (κ2) is 4.03. The molecule has 17 heavy (non-hydrogen) atoms. The van der Waals surface area contributed by atoms with Crippen molar-refractivity contribution in [2.45, 2.75) is 42.7 Å². The Labute approximate surface area is 107 Å². The summed E-state index contributed by atoms with van der Waals surface area (Å²) in [5.74, 6) is 3.26. The summed E-state index contributed by atoms with van der Waals surface area (Å²) in [7, 11) is 0. The number of fused-ring (bicyclic) bond motifs is 3. The van der Waals surface area contributed by atoms with Gasteiger partial charge in [-0.1, -0.05) is 24.6 Å². The van der Waals surface area contributed by atoms with E-state index in [1.54, 1.807) is 5.56 Å². The summed E-state index contributed by atoms with van der Waals surface area (Å²) in [6.45, 7) is 0. The summed E-state index contributed by atoms with van der Waals surface area (Å²) in [6.07, 6.45) is 5.91. The molecule has 1 aliphatic heterocycles. The third kappa shape index (κ3) is 1.73. The molecule has 2 heteroatoms. The molecule has 1 aromatic carbocycles. The van der Waals surface area contributed by atoms with E-state index < -0.39 is 0 Å². The van der Waals surface area contributed by atoms with Crippen LogP contribution >= 0.6 is 11.8 Å². The van der Waals surface area contributed by atoms with Gasteiger partial charge in [-0.2, -0.15) is 0 Å². The lowest BCUT2D eigenvalue weighted by atomic mass is 9.94. The molecule has 2 saturated carbocycles. The number of rotatable bonds is 2. The third-order valence-corrected chi connectivity index (χ3v) is 6.04. The largest absolute Gasteiger partial charge is 0.306 e. The first-order valence-corrected chi connectivity index (χ1v) is 7.86. The van der Waals surface area contributed by atoms with Crippen LogP contribution in [-0.2, 0) is 0 Å². The molecule has 1 nitrogen and oxygen atoms in total. The van der Waals surface area contributed by atoms with Crippen LogP contribution in [0, 0.1) is 11.8 Å². The van der Waals surface area contributed by atoms with E-state index in [4.69, 9.17) is 0 Å². The van der Waals surface area contributed by atoms with Gasteiger partial charge in [0.15, 0.2) is 0 Å². The number of hydrogen-bond acceptors (Lipinski definition) is 2. The van der Waals surface area contributed by atoms with Crippen LogP contribution in [-0.4, -0.2) is 11.8 Å². The lowest BCUT2D eigenvalue weighted by molar-refractivity contribution is 0.329. The van der Waals surface area contributed by atoms with Crippen molar-refractivity contribution >= 4 is 11.8 Å². The second-order valence-electron chi connectivity index (χ2n) is 5.85. The number of nitrogens with one attached hydrogen (secondary N) is 1. The van der Waals surface area contributed by atoms with E-state index in [1.807, 2.05) is 11.8 Å². The first-order chi connectivity index (χ1) is 8.40. The molecule has 4 rings (SSSR count). The van der Waals surface area contributed by atoms with E-state index in [0.29, 0.717) is 6.04 Å². The number of thioether (sulfide) groups is 1. The highest BCUT2D eigenvalue weighted by molar-refractivity contribution is 7.99. The van der Waals surface area contributed by atoms with Crippen LogP contribution in [0.3, 0.4) is 0 Å². The summed E-state index contributed by atoms with van der Waals surface area (Å²) < 4.78 is 0. The molecule has 0 amide bonds. The molecule has 0 spiro atoms. The first kappa shape index (κ1) is 10.5. The second-order valence-corrected chi connectivity index (χ2v) is 6.91. The highest BCUT2D eigenvalue weighted by Crippen LogP contribution is 2.46. The topological polar surface area (TPSA) is 12.0 Å². The maximum atomic E-state index is 3.94. The van der Waals surface area contributed by atoms with Crippen LogP contribution in [0.5, 0.6) is 0 Å². The summed E-state index contributed by atoms with van der Waals surface area (Å²) in [5, 5.41) is 3.94. The van der Waals surface area contributed by atoms with Crippen molar-refractivity contribution in [1.29, 1.82) is 0 Å². The van der Waals surface area contributed by atoms with Crippen molar-refractivity contribution < 1.29 is 0 Å². The van der Waals surface area contributed by atoms with Gasteiger partial charge in [-0.05, 0) is 42.7 Å². The van der Waals surface area contributed by atoms with Gasteiger partial charge in [0.1, 0.15) is 0 Å². The average molecular weight is 245 g/mol. The Hall–Kier alpha value is -0.470. The fourth-order valence-electron chi connectivity index (χ4n) is 4.01. The van der Waals surface area contributed by atoms with Gasteiger partial charge in [0.2, 0.25) is 0 Å². The number of hydrogen-bond donors (Lipinski definition) is 1. The lowest BCUT2D eigenvalue weighted by Crippen LogP contribution is -2.36. The predicted octanol–water partition coefficient (Wildman–Crippen LogP) is 3.61. The van der Waals surface area contributed by atoms with Gasteiger partial charge in [-0.15, -0.1) is 11.8 Å². The Morgan fingerprint density at radius 1 is 1.12 bits per heavy atom. The molecule has 0 radical (unpaired) electrons. The Morgan fingerprint density at radius 2 is 2.06 bits per heavy atom. The van der Waals surface area contributed by atoms with Crippen molar-refractivity contribution in [3.63, 3.8) is 0 Å². The molecule has 1 heterocycles. The maximum Gasteiger partial charge on any atom is 0.0428 e. The van der Waals surface area contributed by atoms with Crippen molar-refractivity contribution in [3.8, 4) is 0 Å². The first-order valence-electron chi connectivity index (χ1n) is 6.88. The van der Waals surface area contributed by atoms with Crippen molar-refractivity contribution in [2.24, 2.45) is 11.8 Å². The highest BCUT2D eigenvalue weighted by atomic mass is 32.2. The fourth-order valence-corrected chi connectivity index (χ4v) is 5.18. The quantitative estimate of drug-likeness (QED) is 0.854. The average Bonchev–Trinajstić information content (AvgIpc) is 3.05. The Morgan fingerprint density at radius 3 is 2.88 bits per heavy atom. The van der Waals surface area contributed by atoms with Gasteiger partial charge < -0.3 is 5.32 Å². The standard InChI is InChI=1S/C15H19NS/c1-2-4-15-12(3-1)14(9-17-15)16-13-8-10-5-6-11(13)7-10/h1-4,10-11,13-14,16H,5-9H2. The van der Waals surface area contributed by atoms with Gasteiger partial charge in [-0.25, -0.2) is 0 Å². The summed E-state index contributed by atoms with van der Waals surface area (Å²) in [5.41, 5.74) is 1.54. The van der Waals surface area contributed by atoms with Crippen molar-refractivity contribution in [1.82, 2.24) is 5.32 Å². The fraction of sp³-hybridized carbons (Fsp3) is 0.600. The Kier molecular flexibility index (Phi) is 2.48. The molecule has 4 atom stereocenters. The molecule has 2 bridgehead atoms. The molecule has 3 aliphatic rings. The molecule has 0 aromatic heterocycles. The van der Waals surface area contributed by atoms with Gasteiger partial charge in [0.05, 0.1) is 0 Å². The van der Waals surface area contributed by atoms with Crippen LogP contribution in [0.2, 0.25) is 0 Å². The van der Waals surface area contributed by atoms with Gasteiger partial charge in [0, 0.05) is 22.7 Å². The molecule has 0 saturated heterocycles. The molecule has 90 valence electrons. The maximum absolute atomic E-state index is 3.94. The van der Waals surface area contributed by atoms with Gasteiger partial charge in [-0.3, -0.25) is 0 Å². The van der Waals surface area contributed by atoms with Crippen LogP contribution in [0.4, 0.5) is 0 Å². The zero-order valence-electron chi connectivity index (χ0n) is 10.1. The van der Waals surface area contributed by atoms with E-state index in [1.165, 1.54) is 36.3 Å². The van der Waals surface area contributed by atoms with Crippen LogP contribution in [0.15, 0.2) is 29.2 Å². The Bertz CT molecular complexity index is 431. The van der Waals surface area contributed by atoms with Crippen molar-refractivity contribution in [2.75, 3.05) is 5.75 Å². The van der Waals surface area contributed by atoms with Gasteiger partial charge in [0.25, 0.3) is 0 Å². The summed E-state index contributed by atoms with van der Waals surface area (Å²) in [6, 6.07) is 10.3. The molecule has 4 unspecified atom stereocenters. The zero-order valence-corrected chi connectivity index (χ0v) is 10.9. The minimum Gasteiger partial charge on any atom is -0.306 e. The van der Waals surface area contributed by atoms with E-state index in [-0.39, 0.29) is 0 Å². The van der Waals surface area contributed by atoms with E-state index in [9.17, 15) is 0 Å². The minimum absolute atomic E-state index is 0.612. The normalized spacial score (nSPS) is 38.6. The monoisotopic (exact) mass is 245 g/mol. The van der Waals surface area contributed by atoms with Crippen molar-refractivity contribution in [3.05, 3.63) is 29.8 Å². The van der Waals surface area contributed by atoms with Crippen LogP contribution in [0.1, 0.15) is 37.3 Å². The van der Waals surface area contributed by atoms with E-state index in [0.717, 1.165) is 17.9 Å².